The molecule has 0 unspecified atom stereocenters. The Labute approximate surface area is 138 Å². The van der Waals surface area contributed by atoms with Crippen molar-refractivity contribution in [3.05, 3.63) is 40.1 Å². The van der Waals surface area contributed by atoms with Crippen molar-refractivity contribution >= 4 is 23.1 Å². The van der Waals surface area contributed by atoms with E-state index in [1.54, 1.807) is 11.3 Å². The molecular formula is C17H18N2O3S. The lowest BCUT2D eigenvalue weighted by Gasteiger charge is -2.27. The van der Waals surface area contributed by atoms with E-state index in [4.69, 9.17) is 9.47 Å². The minimum absolute atomic E-state index is 0.0728. The molecule has 23 heavy (non-hydrogen) atoms. The molecule has 3 heterocycles. The van der Waals surface area contributed by atoms with Gasteiger partial charge in [0.25, 0.3) is 0 Å². The molecular weight excluding hydrogens is 312 g/mol. The Bertz CT molecular complexity index is 728. The Hall–Kier alpha value is -2.21. The van der Waals surface area contributed by atoms with E-state index in [0.717, 1.165) is 30.8 Å². The number of carbonyl (C=O) groups is 1. The van der Waals surface area contributed by atoms with Gasteiger partial charge in [0.1, 0.15) is 0 Å². The normalized spacial score (nSPS) is 16.4. The summed E-state index contributed by atoms with van der Waals surface area (Å²) in [6, 6.07) is 7.57. The summed E-state index contributed by atoms with van der Waals surface area (Å²) in [6.07, 6.45) is 1.80. The molecule has 2 amide bonds. The summed E-state index contributed by atoms with van der Waals surface area (Å²) in [5.74, 6) is 1.43. The molecule has 1 aromatic carbocycles. The fourth-order valence-electron chi connectivity index (χ4n) is 2.87. The van der Waals surface area contributed by atoms with Gasteiger partial charge in [-0.1, -0.05) is 0 Å². The maximum atomic E-state index is 12.5. The van der Waals surface area contributed by atoms with Gasteiger partial charge in [-0.05, 0) is 35.6 Å². The molecule has 0 spiro atoms. The van der Waals surface area contributed by atoms with Crippen LogP contribution in [-0.2, 0) is 13.0 Å². The van der Waals surface area contributed by atoms with E-state index >= 15 is 0 Å². The zero-order chi connectivity index (χ0) is 15.6. The lowest BCUT2D eigenvalue weighted by Crippen LogP contribution is -2.38. The lowest BCUT2D eigenvalue weighted by molar-refractivity contribution is 0.207. The number of thiophene rings is 1. The largest absolute Gasteiger partial charge is 0.490 e. The van der Waals surface area contributed by atoms with Crippen LogP contribution < -0.4 is 14.8 Å². The zero-order valence-corrected chi connectivity index (χ0v) is 13.5. The number of nitrogens with one attached hydrogen (secondary N) is 1. The molecule has 2 aliphatic rings. The van der Waals surface area contributed by atoms with E-state index in [9.17, 15) is 4.79 Å². The predicted molar refractivity (Wildman–Crippen MR) is 89.5 cm³/mol. The fourth-order valence-corrected chi connectivity index (χ4v) is 3.76. The SMILES string of the molecule is O=C(Nc1ccc2c(c1)OCCCO2)N1CCc2sccc2C1. The second-order valence-electron chi connectivity index (χ2n) is 5.68. The quantitative estimate of drug-likeness (QED) is 0.871. The minimum Gasteiger partial charge on any atom is -0.490 e. The summed E-state index contributed by atoms with van der Waals surface area (Å²) in [4.78, 5) is 15.7. The highest BCUT2D eigenvalue weighted by molar-refractivity contribution is 7.10. The van der Waals surface area contributed by atoms with Crippen molar-refractivity contribution < 1.29 is 14.3 Å². The Balaban J connectivity index is 1.46. The summed E-state index contributed by atoms with van der Waals surface area (Å²) in [5.41, 5.74) is 1.99. The molecule has 0 bridgehead atoms. The van der Waals surface area contributed by atoms with Crippen LogP contribution in [0.5, 0.6) is 11.5 Å². The lowest BCUT2D eigenvalue weighted by atomic mass is 10.1. The Morgan fingerprint density at radius 1 is 1.17 bits per heavy atom. The van der Waals surface area contributed by atoms with E-state index < -0.39 is 0 Å². The van der Waals surface area contributed by atoms with Crippen LogP contribution in [0, 0.1) is 0 Å². The van der Waals surface area contributed by atoms with Crippen molar-refractivity contribution in [3.8, 4) is 11.5 Å². The van der Waals surface area contributed by atoms with Gasteiger partial charge in [-0.15, -0.1) is 11.3 Å². The molecule has 1 aromatic heterocycles. The first-order valence-corrected chi connectivity index (χ1v) is 8.68. The number of hydrogen-bond acceptors (Lipinski definition) is 4. The van der Waals surface area contributed by atoms with Gasteiger partial charge in [0.05, 0.1) is 13.2 Å². The van der Waals surface area contributed by atoms with Crippen molar-refractivity contribution in [1.82, 2.24) is 4.90 Å². The van der Waals surface area contributed by atoms with E-state index in [2.05, 4.69) is 16.8 Å². The van der Waals surface area contributed by atoms with Gasteiger partial charge >= 0.3 is 6.03 Å². The minimum atomic E-state index is -0.0728. The van der Waals surface area contributed by atoms with Crippen LogP contribution in [0.1, 0.15) is 16.9 Å². The van der Waals surface area contributed by atoms with Crippen molar-refractivity contribution in [2.24, 2.45) is 0 Å². The predicted octanol–water partition coefficient (Wildman–Crippen LogP) is 3.50. The molecule has 120 valence electrons. The molecule has 0 aliphatic carbocycles. The van der Waals surface area contributed by atoms with Gasteiger partial charge in [-0.25, -0.2) is 4.79 Å². The second-order valence-corrected chi connectivity index (χ2v) is 6.68. The van der Waals surface area contributed by atoms with Crippen molar-refractivity contribution in [2.45, 2.75) is 19.4 Å². The van der Waals surface area contributed by atoms with Gasteiger partial charge in [-0.2, -0.15) is 0 Å². The molecule has 2 aliphatic heterocycles. The third kappa shape index (κ3) is 2.99. The number of nitrogens with zero attached hydrogens (tertiary/aromatic N) is 1. The number of benzene rings is 1. The van der Waals surface area contributed by atoms with Crippen molar-refractivity contribution in [1.29, 1.82) is 0 Å². The highest BCUT2D eigenvalue weighted by Crippen LogP contribution is 2.32. The topological polar surface area (TPSA) is 50.8 Å². The molecule has 0 radical (unpaired) electrons. The number of amides is 2. The number of urea groups is 1. The van der Waals surface area contributed by atoms with Crippen LogP contribution in [0.4, 0.5) is 10.5 Å². The monoisotopic (exact) mass is 330 g/mol. The Morgan fingerprint density at radius 3 is 2.96 bits per heavy atom. The highest BCUT2D eigenvalue weighted by atomic mass is 32.1. The molecule has 2 aromatic rings. The smallest absolute Gasteiger partial charge is 0.322 e. The molecule has 0 saturated heterocycles. The van der Waals surface area contributed by atoms with Gasteiger partial charge in [0.2, 0.25) is 0 Å². The Morgan fingerprint density at radius 2 is 2.04 bits per heavy atom. The number of fused-ring (bicyclic) bond motifs is 2. The summed E-state index contributed by atoms with van der Waals surface area (Å²) in [5, 5.41) is 5.05. The van der Waals surface area contributed by atoms with E-state index in [1.165, 1.54) is 10.4 Å². The maximum Gasteiger partial charge on any atom is 0.322 e. The summed E-state index contributed by atoms with van der Waals surface area (Å²) in [6.45, 7) is 2.73. The summed E-state index contributed by atoms with van der Waals surface area (Å²) >= 11 is 1.77. The summed E-state index contributed by atoms with van der Waals surface area (Å²) < 4.78 is 11.3. The third-order valence-corrected chi connectivity index (χ3v) is 5.12. The van der Waals surface area contributed by atoms with Crippen molar-refractivity contribution in [2.75, 3.05) is 25.1 Å². The van der Waals surface area contributed by atoms with Crippen LogP contribution in [0.15, 0.2) is 29.6 Å². The number of ether oxygens (including phenoxy) is 2. The van der Waals surface area contributed by atoms with Crippen molar-refractivity contribution in [3.63, 3.8) is 0 Å². The van der Waals surface area contributed by atoms with E-state index in [0.29, 0.717) is 25.5 Å². The third-order valence-electron chi connectivity index (χ3n) is 4.09. The molecule has 0 saturated carbocycles. The van der Waals surface area contributed by atoms with Gasteiger partial charge < -0.3 is 19.7 Å². The molecule has 5 nitrogen and oxygen atoms in total. The average Bonchev–Trinajstić information content (AvgIpc) is 2.91. The number of anilines is 1. The van der Waals surface area contributed by atoms with Crippen LogP contribution in [-0.4, -0.2) is 30.7 Å². The van der Waals surface area contributed by atoms with E-state index in [-0.39, 0.29) is 6.03 Å². The van der Waals surface area contributed by atoms with E-state index in [1.807, 2.05) is 23.1 Å². The van der Waals surface area contributed by atoms with Gasteiger partial charge in [-0.3, -0.25) is 0 Å². The van der Waals surface area contributed by atoms with Gasteiger partial charge in [0, 0.05) is 36.1 Å². The number of hydrogen-bond donors (Lipinski definition) is 1. The average molecular weight is 330 g/mol. The molecule has 1 N–H and O–H groups in total. The molecule has 0 atom stereocenters. The highest BCUT2D eigenvalue weighted by Gasteiger charge is 2.22. The number of carbonyl (C=O) groups excluding carboxylic acids is 1. The standard InChI is InChI=1S/C17H18N2O3S/c20-17(19-6-4-16-12(11-19)5-9-23-16)18-13-2-3-14-15(10-13)22-8-1-7-21-14/h2-3,5,9-10H,1,4,6-8,11H2,(H,18,20). The maximum absolute atomic E-state index is 12.5. The zero-order valence-electron chi connectivity index (χ0n) is 12.7. The molecule has 4 rings (SSSR count). The first-order chi connectivity index (χ1) is 11.3. The second kappa shape index (κ2) is 6.12. The van der Waals surface area contributed by atoms with Crippen LogP contribution in [0.25, 0.3) is 0 Å². The first kappa shape index (κ1) is 14.4. The van der Waals surface area contributed by atoms with Crippen LogP contribution in [0.3, 0.4) is 0 Å². The van der Waals surface area contributed by atoms with Crippen LogP contribution >= 0.6 is 11.3 Å². The summed E-state index contributed by atoms with van der Waals surface area (Å²) in [7, 11) is 0. The number of rotatable bonds is 1. The molecule has 0 fully saturated rings. The first-order valence-electron chi connectivity index (χ1n) is 7.80. The molecule has 6 heteroatoms. The fraction of sp³-hybridized carbons (Fsp3) is 0.353. The van der Waals surface area contributed by atoms with Crippen LogP contribution in [0.2, 0.25) is 0 Å². The Kier molecular flexibility index (Phi) is 3.83. The van der Waals surface area contributed by atoms with Gasteiger partial charge in [0.15, 0.2) is 11.5 Å².